The molecule has 7 nitrogen and oxygen atoms in total. The number of hydrogen-bond donors (Lipinski definition) is 2. The molecule has 0 saturated heterocycles. The number of ether oxygens (including phenoxy) is 2. The fourth-order valence-electron chi connectivity index (χ4n) is 3.25. The summed E-state index contributed by atoms with van der Waals surface area (Å²) in [7, 11) is 0. The van der Waals surface area contributed by atoms with Crippen molar-refractivity contribution in [3.05, 3.63) is 93.8 Å². The Labute approximate surface area is 222 Å². The number of nitrogens with zero attached hydrogens (tertiary/aromatic N) is 2. The minimum atomic E-state index is -0.217. The number of carbonyl (C=O) groups is 1. The quantitative estimate of drug-likeness (QED) is 0.169. The maximum atomic E-state index is 12.3. The molecule has 0 spiro atoms. The highest BCUT2D eigenvalue weighted by atomic mass is 79.9. The van der Waals surface area contributed by atoms with Crippen LogP contribution in [0, 0.1) is 0 Å². The number of hydrogen-bond acceptors (Lipinski definition) is 7. The van der Waals surface area contributed by atoms with E-state index in [1.807, 2.05) is 79.0 Å². The molecule has 0 bridgehead atoms. The lowest BCUT2D eigenvalue weighted by Crippen LogP contribution is -2.28. The lowest BCUT2D eigenvalue weighted by atomic mass is 10.2. The van der Waals surface area contributed by atoms with Crippen molar-refractivity contribution in [2.45, 2.75) is 13.5 Å². The number of aromatic nitrogens is 1. The van der Waals surface area contributed by atoms with Crippen LogP contribution in [0.1, 0.15) is 18.1 Å². The van der Waals surface area contributed by atoms with E-state index in [0.29, 0.717) is 29.8 Å². The van der Waals surface area contributed by atoms with Crippen LogP contribution in [0.5, 0.6) is 11.5 Å². The van der Waals surface area contributed by atoms with E-state index >= 15 is 0 Å². The van der Waals surface area contributed by atoms with Crippen molar-refractivity contribution in [1.29, 1.82) is 0 Å². The van der Waals surface area contributed by atoms with Gasteiger partial charge >= 0.3 is 0 Å². The molecule has 0 aliphatic rings. The average Bonchev–Trinajstić information content (AvgIpc) is 3.38. The molecule has 184 valence electrons. The lowest BCUT2D eigenvalue weighted by Gasteiger charge is -2.14. The summed E-state index contributed by atoms with van der Waals surface area (Å²) >= 11 is 5.03. The van der Waals surface area contributed by atoms with E-state index < -0.39 is 0 Å². The number of amides is 1. The first-order chi connectivity index (χ1) is 17.6. The predicted molar refractivity (Wildman–Crippen MR) is 148 cm³/mol. The van der Waals surface area contributed by atoms with Gasteiger partial charge in [0.15, 0.2) is 18.1 Å². The third kappa shape index (κ3) is 7.16. The highest BCUT2D eigenvalue weighted by Crippen LogP contribution is 2.33. The van der Waals surface area contributed by atoms with Crippen LogP contribution in [0.3, 0.4) is 0 Å². The Morgan fingerprint density at radius 3 is 2.53 bits per heavy atom. The van der Waals surface area contributed by atoms with E-state index in [1.165, 1.54) is 11.3 Å². The second-order valence-electron chi connectivity index (χ2n) is 7.58. The Hall–Kier alpha value is -3.69. The summed E-state index contributed by atoms with van der Waals surface area (Å²) in [5, 5.41) is 9.84. The number of benzene rings is 3. The third-order valence-corrected chi connectivity index (χ3v) is 6.43. The first kappa shape index (κ1) is 25.4. The SMILES string of the molecule is CCOc1cc(C=NNc2nc(-c3ccccc3)cs2)c(Br)cc1OCC(=O)NCc1ccccc1. The zero-order valence-corrected chi connectivity index (χ0v) is 22.0. The number of carbonyl (C=O) groups excluding carboxylic acids is 1. The van der Waals surface area contributed by atoms with Crippen molar-refractivity contribution < 1.29 is 14.3 Å². The van der Waals surface area contributed by atoms with Crippen LogP contribution in [0.15, 0.2) is 87.8 Å². The Balaban J connectivity index is 1.37. The summed E-state index contributed by atoms with van der Waals surface area (Å²) < 4.78 is 12.3. The van der Waals surface area contributed by atoms with E-state index in [1.54, 1.807) is 12.3 Å². The van der Waals surface area contributed by atoms with E-state index in [4.69, 9.17) is 9.47 Å². The van der Waals surface area contributed by atoms with Crippen LogP contribution in [0.25, 0.3) is 11.3 Å². The zero-order valence-electron chi connectivity index (χ0n) is 19.6. The van der Waals surface area contributed by atoms with Crippen LogP contribution < -0.4 is 20.2 Å². The summed E-state index contributed by atoms with van der Waals surface area (Å²) in [6, 6.07) is 23.3. The van der Waals surface area contributed by atoms with Crippen LogP contribution in [-0.2, 0) is 11.3 Å². The summed E-state index contributed by atoms with van der Waals surface area (Å²) in [4.78, 5) is 16.8. The molecule has 0 aliphatic heterocycles. The van der Waals surface area contributed by atoms with E-state index in [-0.39, 0.29) is 12.5 Å². The first-order valence-electron chi connectivity index (χ1n) is 11.3. The molecule has 0 atom stereocenters. The molecule has 1 aromatic heterocycles. The van der Waals surface area contributed by atoms with Gasteiger partial charge in [-0.15, -0.1) is 11.3 Å². The lowest BCUT2D eigenvalue weighted by molar-refractivity contribution is -0.123. The van der Waals surface area contributed by atoms with Gasteiger partial charge in [-0.2, -0.15) is 5.10 Å². The predicted octanol–water partition coefficient (Wildman–Crippen LogP) is 6.11. The molecule has 4 aromatic rings. The molecule has 2 N–H and O–H groups in total. The summed E-state index contributed by atoms with van der Waals surface area (Å²) in [5.74, 6) is 0.778. The summed E-state index contributed by atoms with van der Waals surface area (Å²) in [6.45, 7) is 2.66. The molecule has 4 rings (SSSR count). The molecule has 0 aliphatic carbocycles. The maximum absolute atomic E-state index is 12.3. The van der Waals surface area contributed by atoms with E-state index in [2.05, 4.69) is 36.8 Å². The van der Waals surface area contributed by atoms with E-state index in [9.17, 15) is 4.79 Å². The highest BCUT2D eigenvalue weighted by Gasteiger charge is 2.12. The molecule has 1 heterocycles. The van der Waals surface area contributed by atoms with Crippen molar-refractivity contribution in [2.24, 2.45) is 5.10 Å². The monoisotopic (exact) mass is 564 g/mol. The second-order valence-corrected chi connectivity index (χ2v) is 9.29. The van der Waals surface area contributed by atoms with Gasteiger partial charge in [0.05, 0.1) is 18.5 Å². The standard InChI is InChI=1S/C27H25BrN4O3S/c1-2-34-24-13-21(16-30-32-27-31-23(18-36-27)20-11-7-4-8-12-20)22(28)14-25(24)35-17-26(33)29-15-19-9-5-3-6-10-19/h3-14,16,18H,2,15,17H2,1H3,(H,29,33)(H,31,32). The van der Waals surface area contributed by atoms with Gasteiger partial charge in [-0.05, 0) is 40.5 Å². The van der Waals surface area contributed by atoms with Gasteiger partial charge in [-0.3, -0.25) is 10.2 Å². The molecule has 0 radical (unpaired) electrons. The number of anilines is 1. The molecule has 0 unspecified atom stereocenters. The van der Waals surface area contributed by atoms with Crippen LogP contribution in [0.2, 0.25) is 0 Å². The number of nitrogens with one attached hydrogen (secondary N) is 2. The van der Waals surface area contributed by atoms with Crippen molar-refractivity contribution in [1.82, 2.24) is 10.3 Å². The van der Waals surface area contributed by atoms with E-state index in [0.717, 1.165) is 26.9 Å². The number of thiazole rings is 1. The van der Waals surface area contributed by atoms with Crippen LogP contribution in [0.4, 0.5) is 5.13 Å². The zero-order chi connectivity index (χ0) is 25.2. The van der Waals surface area contributed by atoms with Crippen LogP contribution >= 0.6 is 27.3 Å². The number of hydrazone groups is 1. The fourth-order valence-corrected chi connectivity index (χ4v) is 4.34. The minimum Gasteiger partial charge on any atom is -0.490 e. The third-order valence-electron chi connectivity index (χ3n) is 4.99. The van der Waals surface area contributed by atoms with Gasteiger partial charge in [0, 0.05) is 27.5 Å². The normalized spacial score (nSPS) is 10.8. The van der Waals surface area contributed by atoms with Crippen molar-refractivity contribution in [2.75, 3.05) is 18.6 Å². The molecule has 9 heteroatoms. The van der Waals surface area contributed by atoms with Crippen molar-refractivity contribution >= 4 is 44.5 Å². The number of halogens is 1. The smallest absolute Gasteiger partial charge is 0.258 e. The van der Waals surface area contributed by atoms with Gasteiger partial charge in [0.25, 0.3) is 5.91 Å². The Morgan fingerprint density at radius 2 is 1.78 bits per heavy atom. The molecule has 1 amide bonds. The molecule has 36 heavy (non-hydrogen) atoms. The van der Waals surface area contributed by atoms with Gasteiger partial charge in [0.1, 0.15) is 0 Å². The largest absolute Gasteiger partial charge is 0.490 e. The minimum absolute atomic E-state index is 0.123. The summed E-state index contributed by atoms with van der Waals surface area (Å²) in [6.07, 6.45) is 1.67. The number of rotatable bonds is 11. The summed E-state index contributed by atoms with van der Waals surface area (Å²) in [5.41, 5.74) is 6.73. The molecular weight excluding hydrogens is 540 g/mol. The second kappa shape index (κ2) is 12.9. The maximum Gasteiger partial charge on any atom is 0.258 e. The van der Waals surface area contributed by atoms with Gasteiger partial charge in [-0.25, -0.2) is 4.98 Å². The topological polar surface area (TPSA) is 84.8 Å². The van der Waals surface area contributed by atoms with Gasteiger partial charge in [-0.1, -0.05) is 60.7 Å². The molecular formula is C27H25BrN4O3S. The highest BCUT2D eigenvalue weighted by molar-refractivity contribution is 9.10. The van der Waals surface area contributed by atoms with Crippen molar-refractivity contribution in [3.8, 4) is 22.8 Å². The Kier molecular flexibility index (Phi) is 9.07. The fraction of sp³-hybridized carbons (Fsp3) is 0.148. The molecule has 0 fully saturated rings. The van der Waals surface area contributed by atoms with Crippen molar-refractivity contribution in [3.63, 3.8) is 0 Å². The first-order valence-corrected chi connectivity index (χ1v) is 13.0. The van der Waals surface area contributed by atoms with Crippen LogP contribution in [-0.4, -0.2) is 30.3 Å². The Morgan fingerprint density at radius 1 is 1.06 bits per heavy atom. The van der Waals surface area contributed by atoms with Gasteiger partial charge in [0.2, 0.25) is 5.13 Å². The molecule has 3 aromatic carbocycles. The van der Waals surface area contributed by atoms with Gasteiger partial charge < -0.3 is 14.8 Å². The Bertz CT molecular complexity index is 1310. The molecule has 0 saturated carbocycles. The average molecular weight is 565 g/mol.